The summed E-state index contributed by atoms with van der Waals surface area (Å²) in [6, 6.07) is 14.5. The Hall–Kier alpha value is -3.04. The number of fused-ring (bicyclic) bond motifs is 1. The number of nitrogens with zero attached hydrogens (tertiary/aromatic N) is 2. The van der Waals surface area contributed by atoms with Crippen LogP contribution in [0, 0.1) is 12.7 Å². The van der Waals surface area contributed by atoms with E-state index in [1.165, 1.54) is 19.1 Å². The minimum Gasteiger partial charge on any atom is -0.347 e. The monoisotopic (exact) mass is 428 g/mol. The van der Waals surface area contributed by atoms with Gasteiger partial charge in [-0.15, -0.1) is 0 Å². The number of benzene rings is 2. The summed E-state index contributed by atoms with van der Waals surface area (Å²) in [7, 11) is -3.78. The van der Waals surface area contributed by atoms with E-state index in [1.807, 2.05) is 30.3 Å². The summed E-state index contributed by atoms with van der Waals surface area (Å²) >= 11 is 0. The van der Waals surface area contributed by atoms with Crippen molar-refractivity contribution in [2.45, 2.75) is 37.4 Å². The summed E-state index contributed by atoms with van der Waals surface area (Å²) in [6.07, 6.45) is 0.415. The molecule has 2 heterocycles. The Morgan fingerprint density at radius 1 is 1.20 bits per heavy atom. The molecule has 3 aromatic rings. The fourth-order valence-electron chi connectivity index (χ4n) is 3.43. The predicted molar refractivity (Wildman–Crippen MR) is 109 cm³/mol. The molecular formula is C21H21FN4O3S. The first-order chi connectivity index (χ1) is 14.3. The van der Waals surface area contributed by atoms with Gasteiger partial charge < -0.3 is 5.32 Å². The van der Waals surface area contributed by atoms with Gasteiger partial charge in [0.05, 0.1) is 11.4 Å². The van der Waals surface area contributed by atoms with E-state index in [-0.39, 0.29) is 22.4 Å². The van der Waals surface area contributed by atoms with Crippen LogP contribution >= 0.6 is 0 Å². The van der Waals surface area contributed by atoms with Crippen molar-refractivity contribution in [3.8, 4) is 0 Å². The second-order valence-electron chi connectivity index (χ2n) is 7.30. The minimum atomic E-state index is -3.78. The topological polar surface area (TPSA) is 93.1 Å². The molecule has 30 heavy (non-hydrogen) atoms. The lowest BCUT2D eigenvalue weighted by molar-refractivity contribution is 0.0945. The maximum absolute atomic E-state index is 13.4. The highest BCUT2D eigenvalue weighted by atomic mass is 32.2. The summed E-state index contributed by atoms with van der Waals surface area (Å²) in [5, 5.41) is 7.13. The van der Waals surface area contributed by atoms with Crippen molar-refractivity contribution in [3.63, 3.8) is 0 Å². The number of halogens is 1. The van der Waals surface area contributed by atoms with E-state index >= 15 is 0 Å². The Morgan fingerprint density at radius 2 is 1.97 bits per heavy atom. The molecule has 0 saturated heterocycles. The highest BCUT2D eigenvalue weighted by Crippen LogP contribution is 2.20. The fraction of sp³-hybridized carbons (Fsp3) is 0.238. The van der Waals surface area contributed by atoms with Crippen LogP contribution in [-0.4, -0.2) is 30.1 Å². The summed E-state index contributed by atoms with van der Waals surface area (Å²) in [6.45, 7) is 2.24. The Morgan fingerprint density at radius 3 is 2.67 bits per heavy atom. The SMILES string of the molecule is Cc1cc(S(=O)(=O)N[C@H]2Cc3cc(C(=O)NCc4ccccc4)nn3C2)ccc1F. The number of carbonyl (C=O) groups is 1. The molecule has 2 N–H and O–H groups in total. The quantitative estimate of drug-likeness (QED) is 0.629. The predicted octanol–water partition coefficient (Wildman–Crippen LogP) is 2.16. The van der Waals surface area contributed by atoms with Crippen LogP contribution in [0.2, 0.25) is 0 Å². The van der Waals surface area contributed by atoms with Gasteiger partial charge in [0.2, 0.25) is 10.0 Å². The summed E-state index contributed by atoms with van der Waals surface area (Å²) in [5.74, 6) is -0.729. The van der Waals surface area contributed by atoms with Crippen molar-refractivity contribution >= 4 is 15.9 Å². The van der Waals surface area contributed by atoms with Crippen molar-refractivity contribution in [1.29, 1.82) is 0 Å². The smallest absolute Gasteiger partial charge is 0.272 e. The Bertz CT molecular complexity index is 1170. The minimum absolute atomic E-state index is 0.0203. The van der Waals surface area contributed by atoms with Crippen LogP contribution in [0.15, 0.2) is 59.5 Å². The molecule has 1 amide bonds. The Balaban J connectivity index is 1.38. The first-order valence-electron chi connectivity index (χ1n) is 9.49. The molecule has 1 aromatic heterocycles. The standard InChI is InChI=1S/C21H21FN4O3S/c1-14-9-18(7-8-19(14)22)30(28,29)25-16-10-17-11-20(24-26(17)13-16)21(27)23-12-15-5-3-2-4-6-15/h2-9,11,16,25H,10,12-13H2,1H3,(H,23,27)/t16-/m0/s1. The number of sulfonamides is 1. The van der Waals surface area contributed by atoms with Gasteiger partial charge in [0.1, 0.15) is 11.5 Å². The molecule has 0 aliphatic carbocycles. The van der Waals surface area contributed by atoms with Crippen molar-refractivity contribution in [2.75, 3.05) is 0 Å². The fourth-order valence-corrected chi connectivity index (χ4v) is 4.75. The van der Waals surface area contributed by atoms with Crippen molar-refractivity contribution in [2.24, 2.45) is 0 Å². The molecule has 156 valence electrons. The second-order valence-corrected chi connectivity index (χ2v) is 9.02. The number of hydrogen-bond acceptors (Lipinski definition) is 4. The van der Waals surface area contributed by atoms with Crippen LogP contribution in [0.5, 0.6) is 0 Å². The van der Waals surface area contributed by atoms with Gasteiger partial charge in [0.15, 0.2) is 0 Å². The second kappa shape index (κ2) is 8.00. The van der Waals surface area contributed by atoms with Crippen molar-refractivity contribution in [3.05, 3.63) is 82.9 Å². The summed E-state index contributed by atoms with van der Waals surface area (Å²) in [4.78, 5) is 12.4. The number of rotatable bonds is 6. The third kappa shape index (κ3) is 4.27. The normalized spacial score (nSPS) is 15.7. The van der Waals surface area contributed by atoms with Crippen LogP contribution in [-0.2, 0) is 29.5 Å². The molecule has 2 aromatic carbocycles. The third-order valence-corrected chi connectivity index (χ3v) is 6.52. The average molecular weight is 428 g/mol. The van der Waals surface area contributed by atoms with E-state index in [0.717, 1.165) is 17.3 Å². The summed E-state index contributed by atoms with van der Waals surface area (Å²) in [5.41, 5.74) is 2.34. The van der Waals surface area contributed by atoms with Gasteiger partial charge in [-0.2, -0.15) is 5.10 Å². The highest BCUT2D eigenvalue weighted by Gasteiger charge is 2.29. The van der Waals surface area contributed by atoms with Gasteiger partial charge in [-0.3, -0.25) is 9.48 Å². The van der Waals surface area contributed by atoms with Gasteiger partial charge >= 0.3 is 0 Å². The van der Waals surface area contributed by atoms with Crippen LogP contribution in [0.4, 0.5) is 4.39 Å². The number of aryl methyl sites for hydroxylation is 1. The molecule has 0 radical (unpaired) electrons. The molecule has 1 aliphatic heterocycles. The van der Waals surface area contributed by atoms with Gasteiger partial charge in [0.25, 0.3) is 5.91 Å². The van der Waals surface area contributed by atoms with Gasteiger partial charge in [-0.25, -0.2) is 17.5 Å². The molecular weight excluding hydrogens is 407 g/mol. The van der Waals surface area contributed by atoms with Gasteiger partial charge in [0, 0.05) is 24.7 Å². The van der Waals surface area contributed by atoms with E-state index < -0.39 is 15.8 Å². The Labute approximate surface area is 174 Å². The number of amides is 1. The lowest BCUT2D eigenvalue weighted by Crippen LogP contribution is -2.36. The zero-order chi connectivity index (χ0) is 21.3. The lowest BCUT2D eigenvalue weighted by Gasteiger charge is -2.13. The maximum Gasteiger partial charge on any atom is 0.272 e. The van der Waals surface area contributed by atoms with E-state index in [4.69, 9.17) is 0 Å². The molecule has 0 unspecified atom stereocenters. The molecule has 1 atom stereocenters. The largest absolute Gasteiger partial charge is 0.347 e. The molecule has 0 fully saturated rings. The van der Waals surface area contributed by atoms with Crippen molar-refractivity contribution in [1.82, 2.24) is 19.8 Å². The molecule has 0 saturated carbocycles. The molecule has 7 nitrogen and oxygen atoms in total. The lowest BCUT2D eigenvalue weighted by atomic mass is 10.2. The molecule has 9 heteroatoms. The Kier molecular flexibility index (Phi) is 5.40. The molecule has 0 bridgehead atoms. The number of nitrogens with one attached hydrogen (secondary N) is 2. The van der Waals surface area contributed by atoms with Gasteiger partial charge in [-0.1, -0.05) is 30.3 Å². The zero-order valence-electron chi connectivity index (χ0n) is 16.3. The third-order valence-electron chi connectivity index (χ3n) is 5.00. The average Bonchev–Trinajstić information content (AvgIpc) is 3.27. The van der Waals surface area contributed by atoms with Gasteiger partial charge in [-0.05, 0) is 42.3 Å². The van der Waals surface area contributed by atoms with E-state index in [2.05, 4.69) is 15.1 Å². The van der Waals surface area contributed by atoms with Crippen LogP contribution in [0.3, 0.4) is 0 Å². The first-order valence-corrected chi connectivity index (χ1v) is 11.0. The molecule has 0 spiro atoms. The molecule has 1 aliphatic rings. The van der Waals surface area contributed by atoms with E-state index in [9.17, 15) is 17.6 Å². The maximum atomic E-state index is 13.4. The highest BCUT2D eigenvalue weighted by molar-refractivity contribution is 7.89. The number of carbonyl (C=O) groups excluding carboxylic acids is 1. The van der Waals surface area contributed by atoms with E-state index in [1.54, 1.807) is 10.7 Å². The van der Waals surface area contributed by atoms with Crippen LogP contribution < -0.4 is 10.0 Å². The van der Waals surface area contributed by atoms with Crippen LogP contribution in [0.25, 0.3) is 0 Å². The molecule has 4 rings (SSSR count). The number of aromatic nitrogens is 2. The summed E-state index contributed by atoms with van der Waals surface area (Å²) < 4.78 is 42.9. The zero-order valence-corrected chi connectivity index (χ0v) is 17.1. The number of hydrogen-bond donors (Lipinski definition) is 2. The van der Waals surface area contributed by atoms with E-state index in [0.29, 0.717) is 25.2 Å². The van der Waals surface area contributed by atoms with Crippen molar-refractivity contribution < 1.29 is 17.6 Å². The van der Waals surface area contributed by atoms with Crippen LogP contribution in [0.1, 0.15) is 27.3 Å². The first kappa shape index (κ1) is 20.2.